The Morgan fingerprint density at radius 3 is 2.42 bits per heavy atom. The zero-order valence-electron chi connectivity index (χ0n) is 10.1. The number of para-hydroxylation sites is 2. The van der Waals surface area contributed by atoms with Crippen LogP contribution in [0.25, 0.3) is 11.3 Å². The van der Waals surface area contributed by atoms with E-state index in [1.54, 1.807) is 6.20 Å². The zero-order valence-corrected chi connectivity index (χ0v) is 10.1. The molecule has 0 bridgehead atoms. The predicted octanol–water partition coefficient (Wildman–Crippen LogP) is 3.72. The maximum atomic E-state index is 5.84. The number of aromatic nitrogens is 1. The summed E-state index contributed by atoms with van der Waals surface area (Å²) in [5, 5.41) is 0. The van der Waals surface area contributed by atoms with Gasteiger partial charge in [-0.3, -0.25) is 0 Å². The molecular formula is C15H12N2O2. The second-order valence-electron chi connectivity index (χ2n) is 3.97. The zero-order chi connectivity index (χ0) is 13.1. The highest BCUT2D eigenvalue weighted by Crippen LogP contribution is 2.33. The van der Waals surface area contributed by atoms with Gasteiger partial charge in [0.25, 0.3) is 6.01 Å². The number of nitrogens with zero attached hydrogens (tertiary/aromatic N) is 1. The van der Waals surface area contributed by atoms with E-state index < -0.39 is 0 Å². The fraction of sp³-hybridized carbons (Fsp3) is 0. The molecule has 0 fully saturated rings. The summed E-state index contributed by atoms with van der Waals surface area (Å²) in [4.78, 5) is 3.90. The molecular weight excluding hydrogens is 240 g/mol. The Balaban J connectivity index is 1.98. The third-order valence-electron chi connectivity index (χ3n) is 2.65. The van der Waals surface area contributed by atoms with E-state index in [4.69, 9.17) is 14.9 Å². The Labute approximate surface area is 110 Å². The van der Waals surface area contributed by atoms with Crippen LogP contribution in [0, 0.1) is 0 Å². The third kappa shape index (κ3) is 2.42. The summed E-state index contributed by atoms with van der Waals surface area (Å²) in [6.07, 6.45) is 1.59. The second-order valence-corrected chi connectivity index (χ2v) is 3.97. The molecule has 3 aromatic rings. The minimum absolute atomic E-state index is 0.143. The van der Waals surface area contributed by atoms with Crippen LogP contribution in [0.2, 0.25) is 0 Å². The van der Waals surface area contributed by atoms with Gasteiger partial charge in [-0.2, -0.15) is 0 Å². The van der Waals surface area contributed by atoms with Gasteiger partial charge in [0, 0.05) is 0 Å². The number of ether oxygens (including phenoxy) is 1. The van der Waals surface area contributed by atoms with E-state index in [9.17, 15) is 0 Å². The van der Waals surface area contributed by atoms with Crippen LogP contribution in [0.1, 0.15) is 0 Å². The van der Waals surface area contributed by atoms with Gasteiger partial charge in [-0.15, -0.1) is 0 Å². The number of benzene rings is 2. The maximum absolute atomic E-state index is 5.84. The van der Waals surface area contributed by atoms with E-state index in [0.29, 0.717) is 11.5 Å². The molecule has 19 heavy (non-hydrogen) atoms. The first-order chi connectivity index (χ1) is 9.33. The lowest BCUT2D eigenvalue weighted by Gasteiger charge is -2.08. The van der Waals surface area contributed by atoms with Crippen molar-refractivity contribution in [3.05, 3.63) is 60.8 Å². The normalized spacial score (nSPS) is 10.3. The first kappa shape index (κ1) is 11.3. The van der Waals surface area contributed by atoms with Crippen LogP contribution >= 0.6 is 0 Å². The van der Waals surface area contributed by atoms with E-state index in [-0.39, 0.29) is 6.01 Å². The number of nitrogen functional groups attached to an aromatic ring is 1. The Hall–Kier alpha value is -2.75. The smallest absolute Gasteiger partial charge is 0.292 e. The van der Waals surface area contributed by atoms with Crippen LogP contribution in [-0.4, -0.2) is 4.98 Å². The number of rotatable bonds is 3. The van der Waals surface area contributed by atoms with E-state index in [1.807, 2.05) is 54.6 Å². The van der Waals surface area contributed by atoms with Gasteiger partial charge < -0.3 is 14.9 Å². The van der Waals surface area contributed by atoms with Crippen molar-refractivity contribution in [1.82, 2.24) is 4.98 Å². The van der Waals surface area contributed by atoms with Gasteiger partial charge in [0.05, 0.1) is 11.8 Å². The van der Waals surface area contributed by atoms with Crippen molar-refractivity contribution in [2.45, 2.75) is 0 Å². The van der Waals surface area contributed by atoms with Gasteiger partial charge in [-0.05, 0) is 24.3 Å². The van der Waals surface area contributed by atoms with Crippen molar-refractivity contribution in [3.8, 4) is 22.8 Å². The minimum Gasteiger partial charge on any atom is -0.457 e. The molecule has 2 N–H and O–H groups in total. The molecule has 0 saturated carbocycles. The standard InChI is InChI=1S/C15H12N2O2/c16-15-17-10-14(19-15)12-8-4-5-9-13(12)18-11-6-2-1-3-7-11/h1-10H,(H2,16,17). The highest BCUT2D eigenvalue weighted by Gasteiger charge is 2.10. The van der Waals surface area contributed by atoms with Gasteiger partial charge in [0.15, 0.2) is 5.76 Å². The minimum atomic E-state index is 0.143. The molecule has 94 valence electrons. The molecule has 4 heteroatoms. The first-order valence-electron chi connectivity index (χ1n) is 5.86. The van der Waals surface area contributed by atoms with Crippen LogP contribution in [0.15, 0.2) is 65.2 Å². The van der Waals surface area contributed by atoms with Crippen molar-refractivity contribution >= 4 is 6.01 Å². The average Bonchev–Trinajstić information content (AvgIpc) is 2.87. The number of oxazole rings is 1. The molecule has 0 radical (unpaired) electrons. The second kappa shape index (κ2) is 4.86. The number of anilines is 1. The molecule has 0 amide bonds. The molecule has 0 aliphatic carbocycles. The molecule has 0 saturated heterocycles. The van der Waals surface area contributed by atoms with Crippen LogP contribution in [0.3, 0.4) is 0 Å². The van der Waals surface area contributed by atoms with E-state index in [2.05, 4.69) is 4.98 Å². The molecule has 0 aliphatic heterocycles. The summed E-state index contributed by atoms with van der Waals surface area (Å²) >= 11 is 0. The van der Waals surface area contributed by atoms with E-state index in [0.717, 1.165) is 11.3 Å². The van der Waals surface area contributed by atoms with Gasteiger partial charge in [0.2, 0.25) is 0 Å². The monoisotopic (exact) mass is 252 g/mol. The van der Waals surface area contributed by atoms with Gasteiger partial charge >= 0.3 is 0 Å². The van der Waals surface area contributed by atoms with Crippen molar-refractivity contribution < 1.29 is 9.15 Å². The van der Waals surface area contributed by atoms with Crippen LogP contribution in [0.5, 0.6) is 11.5 Å². The molecule has 4 nitrogen and oxygen atoms in total. The average molecular weight is 252 g/mol. The maximum Gasteiger partial charge on any atom is 0.292 e. The predicted molar refractivity (Wildman–Crippen MR) is 72.9 cm³/mol. The Bertz CT molecular complexity index is 677. The lowest BCUT2D eigenvalue weighted by atomic mass is 10.1. The molecule has 3 rings (SSSR count). The van der Waals surface area contributed by atoms with E-state index in [1.165, 1.54) is 0 Å². The molecule has 1 aromatic heterocycles. The molecule has 0 atom stereocenters. The van der Waals surface area contributed by atoms with Crippen molar-refractivity contribution in [2.75, 3.05) is 5.73 Å². The van der Waals surface area contributed by atoms with Crippen molar-refractivity contribution in [2.24, 2.45) is 0 Å². The summed E-state index contributed by atoms with van der Waals surface area (Å²) in [5.41, 5.74) is 6.32. The topological polar surface area (TPSA) is 61.3 Å². The van der Waals surface area contributed by atoms with Crippen LogP contribution < -0.4 is 10.5 Å². The lowest BCUT2D eigenvalue weighted by molar-refractivity contribution is 0.481. The molecule has 1 heterocycles. The van der Waals surface area contributed by atoms with Gasteiger partial charge in [-0.25, -0.2) is 4.98 Å². The SMILES string of the molecule is Nc1ncc(-c2ccccc2Oc2ccccc2)o1. The summed E-state index contributed by atoms with van der Waals surface area (Å²) in [5.74, 6) is 2.05. The van der Waals surface area contributed by atoms with E-state index >= 15 is 0 Å². The lowest BCUT2D eigenvalue weighted by Crippen LogP contribution is -1.87. The number of hydrogen-bond acceptors (Lipinski definition) is 4. The Morgan fingerprint density at radius 1 is 0.947 bits per heavy atom. The molecule has 2 aromatic carbocycles. The highest BCUT2D eigenvalue weighted by molar-refractivity contribution is 5.66. The van der Waals surface area contributed by atoms with Crippen molar-refractivity contribution in [3.63, 3.8) is 0 Å². The molecule has 0 unspecified atom stereocenters. The number of nitrogens with two attached hydrogens (primary N) is 1. The largest absolute Gasteiger partial charge is 0.457 e. The van der Waals surface area contributed by atoms with Crippen LogP contribution in [-0.2, 0) is 0 Å². The molecule has 0 aliphatic rings. The van der Waals surface area contributed by atoms with Crippen LogP contribution in [0.4, 0.5) is 6.01 Å². The number of hydrogen-bond donors (Lipinski definition) is 1. The third-order valence-corrected chi connectivity index (χ3v) is 2.65. The Morgan fingerprint density at radius 2 is 1.68 bits per heavy atom. The summed E-state index contributed by atoms with van der Waals surface area (Å²) in [6.45, 7) is 0. The summed E-state index contributed by atoms with van der Waals surface area (Å²) in [6, 6.07) is 17.3. The van der Waals surface area contributed by atoms with Gasteiger partial charge in [0.1, 0.15) is 11.5 Å². The highest BCUT2D eigenvalue weighted by atomic mass is 16.5. The summed E-state index contributed by atoms with van der Waals surface area (Å²) in [7, 11) is 0. The summed E-state index contributed by atoms with van der Waals surface area (Å²) < 4.78 is 11.2. The molecule has 0 spiro atoms. The van der Waals surface area contributed by atoms with Crippen molar-refractivity contribution in [1.29, 1.82) is 0 Å². The fourth-order valence-electron chi connectivity index (χ4n) is 1.79. The quantitative estimate of drug-likeness (QED) is 0.771. The van der Waals surface area contributed by atoms with Gasteiger partial charge in [-0.1, -0.05) is 30.3 Å². The fourth-order valence-corrected chi connectivity index (χ4v) is 1.79. The first-order valence-corrected chi connectivity index (χ1v) is 5.86. The Kier molecular flexibility index (Phi) is 2.90.